The van der Waals surface area contributed by atoms with E-state index in [2.05, 4.69) is 10.4 Å². The number of rotatable bonds is 8. The van der Waals surface area contributed by atoms with Gasteiger partial charge in [-0.25, -0.2) is 0 Å². The Balaban J connectivity index is 1.97. The summed E-state index contributed by atoms with van der Waals surface area (Å²) in [6.45, 7) is 4.10. The van der Waals surface area contributed by atoms with E-state index in [4.69, 9.17) is 4.74 Å². The van der Waals surface area contributed by atoms with Crippen LogP contribution in [-0.2, 0) is 20.9 Å². The van der Waals surface area contributed by atoms with Crippen molar-refractivity contribution in [3.8, 4) is 0 Å². The predicted octanol–water partition coefficient (Wildman–Crippen LogP) is 2.47. The van der Waals surface area contributed by atoms with Crippen molar-refractivity contribution >= 4 is 11.9 Å². The van der Waals surface area contributed by atoms with E-state index in [9.17, 15) is 9.59 Å². The van der Waals surface area contributed by atoms with E-state index in [0.29, 0.717) is 13.0 Å². The van der Waals surface area contributed by atoms with Crippen molar-refractivity contribution < 1.29 is 14.3 Å². The van der Waals surface area contributed by atoms with Crippen LogP contribution in [0.2, 0.25) is 0 Å². The van der Waals surface area contributed by atoms with E-state index in [-0.39, 0.29) is 24.4 Å². The van der Waals surface area contributed by atoms with Crippen molar-refractivity contribution in [3.63, 3.8) is 0 Å². The van der Waals surface area contributed by atoms with Gasteiger partial charge >= 0.3 is 5.97 Å². The average molecular weight is 329 g/mol. The Labute approximate surface area is 141 Å². The number of aromatic nitrogens is 2. The van der Waals surface area contributed by atoms with E-state index in [1.54, 1.807) is 24.7 Å². The van der Waals surface area contributed by atoms with Gasteiger partial charge in [-0.15, -0.1) is 0 Å². The third-order valence-electron chi connectivity index (χ3n) is 3.40. The molecule has 128 valence electrons. The molecule has 1 heterocycles. The summed E-state index contributed by atoms with van der Waals surface area (Å²) < 4.78 is 6.90. The predicted molar refractivity (Wildman–Crippen MR) is 90.0 cm³/mol. The molecule has 0 spiro atoms. The minimum absolute atomic E-state index is 0.107. The molecule has 1 unspecified atom stereocenters. The second-order valence-electron chi connectivity index (χ2n) is 5.79. The molecule has 1 N–H and O–H groups in total. The van der Waals surface area contributed by atoms with Crippen molar-refractivity contribution in [2.45, 2.75) is 45.4 Å². The molecule has 0 radical (unpaired) electrons. The molecular weight excluding hydrogens is 306 g/mol. The first-order valence-electron chi connectivity index (χ1n) is 8.06. The lowest BCUT2D eigenvalue weighted by molar-refractivity contribution is -0.148. The topological polar surface area (TPSA) is 73.2 Å². The Morgan fingerprint density at radius 3 is 2.58 bits per heavy atom. The fourth-order valence-electron chi connectivity index (χ4n) is 2.33. The van der Waals surface area contributed by atoms with E-state index in [1.807, 2.05) is 42.6 Å². The lowest BCUT2D eigenvalue weighted by Gasteiger charge is -2.19. The zero-order valence-corrected chi connectivity index (χ0v) is 14.0. The van der Waals surface area contributed by atoms with Gasteiger partial charge in [0.05, 0.1) is 18.6 Å². The van der Waals surface area contributed by atoms with Crippen LogP contribution < -0.4 is 5.32 Å². The van der Waals surface area contributed by atoms with Crippen molar-refractivity contribution in [1.29, 1.82) is 0 Å². The van der Waals surface area contributed by atoms with Gasteiger partial charge in [-0.05, 0) is 25.5 Å². The van der Waals surface area contributed by atoms with Crippen LogP contribution in [0.5, 0.6) is 0 Å². The molecule has 0 aliphatic rings. The lowest BCUT2D eigenvalue weighted by Crippen LogP contribution is -2.31. The number of hydrogen-bond acceptors (Lipinski definition) is 4. The van der Waals surface area contributed by atoms with Crippen LogP contribution in [0.25, 0.3) is 0 Å². The molecule has 0 aliphatic carbocycles. The molecule has 0 saturated heterocycles. The van der Waals surface area contributed by atoms with Crippen LogP contribution in [0.1, 0.15) is 38.3 Å². The highest BCUT2D eigenvalue weighted by atomic mass is 16.5. The van der Waals surface area contributed by atoms with Crippen LogP contribution in [0.15, 0.2) is 48.8 Å². The summed E-state index contributed by atoms with van der Waals surface area (Å²) in [4.78, 5) is 24.2. The molecule has 1 aromatic carbocycles. The molecule has 0 aliphatic heterocycles. The van der Waals surface area contributed by atoms with Crippen molar-refractivity contribution in [1.82, 2.24) is 15.1 Å². The lowest BCUT2D eigenvalue weighted by atomic mass is 10.0. The molecule has 6 nitrogen and oxygen atoms in total. The van der Waals surface area contributed by atoms with Gasteiger partial charge in [-0.3, -0.25) is 14.3 Å². The first kappa shape index (κ1) is 17.7. The number of aryl methyl sites for hydroxylation is 1. The van der Waals surface area contributed by atoms with Gasteiger partial charge in [0.2, 0.25) is 5.91 Å². The number of carbonyl (C=O) groups is 2. The quantitative estimate of drug-likeness (QED) is 0.755. The normalized spacial score (nSPS) is 12.0. The van der Waals surface area contributed by atoms with E-state index in [1.165, 1.54) is 0 Å². The fraction of sp³-hybridized carbons (Fsp3) is 0.389. The summed E-state index contributed by atoms with van der Waals surface area (Å²) in [6.07, 6.45) is 3.71. The second-order valence-corrected chi connectivity index (χ2v) is 5.79. The molecule has 24 heavy (non-hydrogen) atoms. The van der Waals surface area contributed by atoms with Crippen molar-refractivity contribution in [2.75, 3.05) is 0 Å². The van der Waals surface area contributed by atoms with Crippen molar-refractivity contribution in [3.05, 3.63) is 54.4 Å². The number of nitrogens with zero attached hydrogens (tertiary/aromatic N) is 2. The van der Waals surface area contributed by atoms with Gasteiger partial charge in [0, 0.05) is 25.4 Å². The molecule has 0 bridgehead atoms. The maximum atomic E-state index is 12.2. The Morgan fingerprint density at radius 1 is 1.21 bits per heavy atom. The summed E-state index contributed by atoms with van der Waals surface area (Å²) in [5.74, 6) is -0.456. The van der Waals surface area contributed by atoms with E-state index < -0.39 is 6.04 Å². The van der Waals surface area contributed by atoms with Crippen LogP contribution in [0.3, 0.4) is 0 Å². The number of amides is 1. The highest BCUT2D eigenvalue weighted by Gasteiger charge is 2.19. The summed E-state index contributed by atoms with van der Waals surface area (Å²) in [6, 6.07) is 10.8. The summed E-state index contributed by atoms with van der Waals surface area (Å²) in [7, 11) is 0. The molecule has 0 fully saturated rings. The number of esters is 1. The highest BCUT2D eigenvalue weighted by Crippen LogP contribution is 2.18. The Kier molecular flexibility index (Phi) is 6.54. The van der Waals surface area contributed by atoms with Crippen LogP contribution >= 0.6 is 0 Å². The van der Waals surface area contributed by atoms with Gasteiger partial charge in [0.1, 0.15) is 0 Å². The Bertz CT molecular complexity index is 639. The van der Waals surface area contributed by atoms with E-state index in [0.717, 1.165) is 5.56 Å². The molecule has 2 rings (SSSR count). The van der Waals surface area contributed by atoms with Crippen LogP contribution in [-0.4, -0.2) is 27.8 Å². The van der Waals surface area contributed by atoms with Gasteiger partial charge in [0.15, 0.2) is 0 Å². The number of nitrogens with one attached hydrogen (secondary N) is 1. The maximum absolute atomic E-state index is 12.2. The standard InChI is InChI=1S/C18H23N3O3/c1-14(2)24-18(23)13-16(15-7-4-3-5-8-15)20-17(22)9-12-21-11-6-10-19-21/h3-8,10-11,14,16H,9,12-13H2,1-2H3,(H,20,22). The first-order chi connectivity index (χ1) is 11.5. The van der Waals surface area contributed by atoms with Crippen LogP contribution in [0.4, 0.5) is 0 Å². The molecule has 0 saturated carbocycles. The zero-order valence-electron chi connectivity index (χ0n) is 14.0. The van der Waals surface area contributed by atoms with E-state index >= 15 is 0 Å². The monoisotopic (exact) mass is 329 g/mol. The molecule has 1 atom stereocenters. The fourth-order valence-corrected chi connectivity index (χ4v) is 2.33. The van der Waals surface area contributed by atoms with Gasteiger partial charge < -0.3 is 10.1 Å². The number of benzene rings is 1. The van der Waals surface area contributed by atoms with Crippen LogP contribution in [0, 0.1) is 0 Å². The van der Waals surface area contributed by atoms with Gasteiger partial charge in [-0.2, -0.15) is 5.10 Å². The minimum Gasteiger partial charge on any atom is -0.463 e. The van der Waals surface area contributed by atoms with Crippen molar-refractivity contribution in [2.24, 2.45) is 0 Å². The van der Waals surface area contributed by atoms with Gasteiger partial charge in [-0.1, -0.05) is 30.3 Å². The summed E-state index contributed by atoms with van der Waals surface area (Å²) >= 11 is 0. The number of hydrogen-bond donors (Lipinski definition) is 1. The highest BCUT2D eigenvalue weighted by molar-refractivity contribution is 5.78. The average Bonchev–Trinajstić information content (AvgIpc) is 3.06. The van der Waals surface area contributed by atoms with Gasteiger partial charge in [0.25, 0.3) is 0 Å². The first-order valence-corrected chi connectivity index (χ1v) is 8.06. The zero-order chi connectivity index (χ0) is 17.4. The smallest absolute Gasteiger partial charge is 0.308 e. The Hall–Kier alpha value is -2.63. The largest absolute Gasteiger partial charge is 0.463 e. The maximum Gasteiger partial charge on any atom is 0.308 e. The molecule has 1 amide bonds. The number of ether oxygens (including phenoxy) is 1. The Morgan fingerprint density at radius 2 is 1.96 bits per heavy atom. The third-order valence-corrected chi connectivity index (χ3v) is 3.40. The molecule has 2 aromatic rings. The molecular formula is C18H23N3O3. The molecule has 1 aromatic heterocycles. The second kappa shape index (κ2) is 8.86. The summed E-state index contributed by atoms with van der Waals surface area (Å²) in [5, 5.41) is 6.99. The third kappa shape index (κ3) is 5.87. The minimum atomic E-state index is -0.400. The number of carbonyl (C=O) groups excluding carboxylic acids is 2. The molecule has 6 heteroatoms. The summed E-state index contributed by atoms with van der Waals surface area (Å²) in [5.41, 5.74) is 0.880. The SMILES string of the molecule is CC(C)OC(=O)CC(NC(=O)CCn1cccn1)c1ccccc1.